The summed E-state index contributed by atoms with van der Waals surface area (Å²) in [5.41, 5.74) is 0.172. The molecule has 0 aromatic heterocycles. The summed E-state index contributed by atoms with van der Waals surface area (Å²) in [5.74, 6) is -1.31. The van der Waals surface area contributed by atoms with Crippen molar-refractivity contribution in [2.45, 2.75) is 50.0 Å². The van der Waals surface area contributed by atoms with E-state index < -0.39 is 31.9 Å². The van der Waals surface area contributed by atoms with Gasteiger partial charge in [-0.15, -0.1) is 0 Å². The Morgan fingerprint density at radius 2 is 1.68 bits per heavy atom. The first-order chi connectivity index (χ1) is 11.7. The van der Waals surface area contributed by atoms with Crippen LogP contribution in [0.4, 0.5) is 5.69 Å². The van der Waals surface area contributed by atoms with Crippen LogP contribution in [-0.2, 0) is 24.8 Å². The Balaban J connectivity index is 1.81. The number of rotatable bonds is 4. The number of sulfonamides is 2. The van der Waals surface area contributed by atoms with Crippen LogP contribution in [0.5, 0.6) is 0 Å². The molecule has 1 saturated heterocycles. The van der Waals surface area contributed by atoms with Crippen molar-refractivity contribution in [2.24, 2.45) is 5.92 Å². The third-order valence-corrected chi connectivity index (χ3v) is 8.07. The molecule has 0 spiro atoms. The molecule has 1 saturated carbocycles. The van der Waals surface area contributed by atoms with Gasteiger partial charge in [0.05, 0.1) is 22.3 Å². The summed E-state index contributed by atoms with van der Waals surface area (Å²) in [4.78, 5) is 12.2. The third-order valence-electron chi connectivity index (χ3n) is 4.67. The number of hydrogen-bond donors (Lipinski definition) is 1. The van der Waals surface area contributed by atoms with Gasteiger partial charge in [-0.05, 0) is 37.1 Å². The minimum absolute atomic E-state index is 0.0557. The largest absolute Gasteiger partial charge is 0.273 e. The Hall–Kier alpha value is -1.45. The molecule has 1 N–H and O–H groups in total. The monoisotopic (exact) mass is 386 g/mol. The highest BCUT2D eigenvalue weighted by Gasteiger charge is 2.42. The summed E-state index contributed by atoms with van der Waals surface area (Å²) in [5, 5.41) is 0. The fourth-order valence-corrected chi connectivity index (χ4v) is 6.48. The number of hydrogen-bond acceptors (Lipinski definition) is 5. The Labute approximate surface area is 148 Å². The number of carbonyl (C=O) groups excluding carboxylic acids is 1. The third kappa shape index (κ3) is 3.73. The number of nitrogens with zero attached hydrogens (tertiary/aromatic N) is 1. The fourth-order valence-electron chi connectivity index (χ4n) is 3.36. The van der Waals surface area contributed by atoms with E-state index in [1.807, 2.05) is 0 Å². The summed E-state index contributed by atoms with van der Waals surface area (Å²) in [6, 6.07) is 5.35. The molecule has 1 aromatic rings. The zero-order valence-corrected chi connectivity index (χ0v) is 15.6. The molecule has 2 aliphatic rings. The van der Waals surface area contributed by atoms with Gasteiger partial charge in [0.15, 0.2) is 0 Å². The molecule has 25 heavy (non-hydrogen) atoms. The summed E-state index contributed by atoms with van der Waals surface area (Å²) < 4.78 is 52.6. The molecule has 0 radical (unpaired) electrons. The van der Waals surface area contributed by atoms with E-state index in [2.05, 4.69) is 4.72 Å². The first-order valence-corrected chi connectivity index (χ1v) is 11.5. The molecule has 1 atom stereocenters. The molecule has 1 amide bonds. The molecule has 1 aromatic carbocycles. The normalized spacial score (nSPS) is 24.6. The van der Waals surface area contributed by atoms with Crippen molar-refractivity contribution in [1.82, 2.24) is 4.72 Å². The van der Waals surface area contributed by atoms with Crippen LogP contribution in [0.3, 0.4) is 0 Å². The van der Waals surface area contributed by atoms with E-state index in [0.717, 1.165) is 36.4 Å². The second kappa shape index (κ2) is 6.69. The quantitative estimate of drug-likeness (QED) is 0.847. The van der Waals surface area contributed by atoms with Crippen LogP contribution in [0.2, 0.25) is 0 Å². The SMILES string of the molecule is CC1CS(=O)(=O)N(c2ccc(S(=O)(=O)NC3CCCCC3)cc2)C1=O. The Morgan fingerprint density at radius 1 is 1.08 bits per heavy atom. The molecule has 1 aliphatic heterocycles. The molecule has 7 nitrogen and oxygen atoms in total. The topological polar surface area (TPSA) is 101 Å². The van der Waals surface area contributed by atoms with E-state index in [4.69, 9.17) is 0 Å². The van der Waals surface area contributed by atoms with E-state index >= 15 is 0 Å². The average Bonchev–Trinajstić information content (AvgIpc) is 2.75. The van der Waals surface area contributed by atoms with E-state index in [1.54, 1.807) is 6.92 Å². The lowest BCUT2D eigenvalue weighted by molar-refractivity contribution is -0.119. The predicted molar refractivity (Wildman–Crippen MR) is 94.1 cm³/mol. The fraction of sp³-hybridized carbons (Fsp3) is 0.562. The van der Waals surface area contributed by atoms with Gasteiger partial charge in [-0.3, -0.25) is 4.79 Å². The second-order valence-electron chi connectivity index (χ2n) is 6.73. The molecule has 9 heteroatoms. The van der Waals surface area contributed by atoms with Gasteiger partial charge in [-0.25, -0.2) is 25.9 Å². The van der Waals surface area contributed by atoms with Gasteiger partial charge in [-0.1, -0.05) is 26.2 Å². The standard InChI is InChI=1S/C16H22N2O5S2/c1-12-11-24(20,21)18(16(12)19)14-7-9-15(10-8-14)25(22,23)17-13-5-3-2-4-6-13/h7-10,12-13,17H,2-6,11H2,1H3. The van der Waals surface area contributed by atoms with Crippen LogP contribution in [0.1, 0.15) is 39.0 Å². The van der Waals surface area contributed by atoms with Crippen molar-refractivity contribution in [3.8, 4) is 0 Å². The van der Waals surface area contributed by atoms with E-state index in [0.29, 0.717) is 0 Å². The van der Waals surface area contributed by atoms with Crippen molar-refractivity contribution in [1.29, 1.82) is 0 Å². The van der Waals surface area contributed by atoms with E-state index in [-0.39, 0.29) is 22.4 Å². The van der Waals surface area contributed by atoms with Gasteiger partial charge in [0.2, 0.25) is 26.0 Å². The molecule has 3 rings (SSSR count). The van der Waals surface area contributed by atoms with Crippen LogP contribution in [0.15, 0.2) is 29.2 Å². The lowest BCUT2D eigenvalue weighted by Crippen LogP contribution is -2.36. The molecular weight excluding hydrogens is 364 g/mol. The van der Waals surface area contributed by atoms with Crippen LogP contribution in [-0.4, -0.2) is 34.5 Å². The second-order valence-corrected chi connectivity index (χ2v) is 10.3. The van der Waals surface area contributed by atoms with Gasteiger partial charge in [0, 0.05) is 6.04 Å². The highest BCUT2D eigenvalue weighted by atomic mass is 32.2. The van der Waals surface area contributed by atoms with Crippen molar-refractivity contribution in [3.63, 3.8) is 0 Å². The van der Waals surface area contributed by atoms with Crippen LogP contribution in [0, 0.1) is 5.92 Å². The lowest BCUT2D eigenvalue weighted by Gasteiger charge is -2.22. The highest BCUT2D eigenvalue weighted by molar-refractivity contribution is 7.94. The molecule has 138 valence electrons. The number of nitrogens with one attached hydrogen (secondary N) is 1. The molecule has 1 heterocycles. The summed E-state index contributed by atoms with van der Waals surface area (Å²) in [7, 11) is -7.35. The number of carbonyl (C=O) groups is 1. The lowest BCUT2D eigenvalue weighted by atomic mass is 9.96. The minimum atomic E-state index is -3.69. The maximum atomic E-state index is 12.5. The number of anilines is 1. The molecule has 1 aliphatic carbocycles. The molecule has 0 bridgehead atoms. The smallest absolute Gasteiger partial charge is 0.244 e. The first kappa shape index (κ1) is 18.3. The zero-order chi connectivity index (χ0) is 18.2. The van der Waals surface area contributed by atoms with Crippen LogP contribution < -0.4 is 9.03 Å². The van der Waals surface area contributed by atoms with Gasteiger partial charge in [-0.2, -0.15) is 0 Å². The number of amides is 1. The van der Waals surface area contributed by atoms with Gasteiger partial charge >= 0.3 is 0 Å². The summed E-state index contributed by atoms with van der Waals surface area (Å²) >= 11 is 0. The molecule has 1 unspecified atom stereocenters. The van der Waals surface area contributed by atoms with Gasteiger partial charge in [0.1, 0.15) is 0 Å². The van der Waals surface area contributed by atoms with Gasteiger partial charge in [0.25, 0.3) is 0 Å². The van der Waals surface area contributed by atoms with Crippen molar-refractivity contribution < 1.29 is 21.6 Å². The summed E-state index contributed by atoms with van der Waals surface area (Å²) in [6.07, 6.45) is 4.81. The maximum Gasteiger partial charge on any atom is 0.244 e. The Kier molecular flexibility index (Phi) is 4.91. The molecule has 2 fully saturated rings. The average molecular weight is 386 g/mol. The van der Waals surface area contributed by atoms with Gasteiger partial charge < -0.3 is 0 Å². The van der Waals surface area contributed by atoms with Crippen molar-refractivity contribution in [2.75, 3.05) is 10.1 Å². The van der Waals surface area contributed by atoms with Crippen molar-refractivity contribution >= 4 is 31.6 Å². The minimum Gasteiger partial charge on any atom is -0.273 e. The number of benzene rings is 1. The maximum absolute atomic E-state index is 12.5. The van der Waals surface area contributed by atoms with Crippen LogP contribution >= 0.6 is 0 Å². The predicted octanol–water partition coefficient (Wildman–Crippen LogP) is 1.61. The van der Waals surface area contributed by atoms with Crippen LogP contribution in [0.25, 0.3) is 0 Å². The first-order valence-electron chi connectivity index (χ1n) is 8.40. The van der Waals surface area contributed by atoms with E-state index in [1.165, 1.54) is 24.3 Å². The zero-order valence-electron chi connectivity index (χ0n) is 14.0. The summed E-state index contributed by atoms with van der Waals surface area (Å²) in [6.45, 7) is 1.56. The highest BCUT2D eigenvalue weighted by Crippen LogP contribution is 2.29. The Bertz CT molecular complexity index is 856. The molecular formula is C16H22N2O5S2. The Morgan fingerprint density at radius 3 is 2.20 bits per heavy atom. The van der Waals surface area contributed by atoms with E-state index in [9.17, 15) is 21.6 Å². The van der Waals surface area contributed by atoms with Crippen molar-refractivity contribution in [3.05, 3.63) is 24.3 Å².